The Hall–Kier alpha value is -2.81. The van der Waals surface area contributed by atoms with Crippen LogP contribution in [0.2, 0.25) is 0 Å². The van der Waals surface area contributed by atoms with Crippen molar-refractivity contribution >= 4 is 19.8 Å². The number of carbonyl (C=O) groups is 2. The number of hydrogen-bond acceptors (Lipinski definition) is 8. The molecule has 2 unspecified atom stereocenters. The van der Waals surface area contributed by atoms with E-state index in [1.54, 1.807) is 0 Å². The van der Waals surface area contributed by atoms with Gasteiger partial charge in [0, 0.05) is 19.4 Å². The van der Waals surface area contributed by atoms with Crippen molar-refractivity contribution < 1.29 is 37.6 Å². The molecule has 0 fully saturated rings. The van der Waals surface area contributed by atoms with Crippen molar-refractivity contribution in [1.82, 2.24) is 0 Å². The Kier molecular flexibility index (Phi) is 69.9. The molecule has 0 heterocycles. The van der Waals surface area contributed by atoms with E-state index in [1.807, 2.05) is 0 Å². The largest absolute Gasteiger partial charge is 0.472 e. The second kappa shape index (κ2) is 72.3. The van der Waals surface area contributed by atoms with Gasteiger partial charge < -0.3 is 20.1 Å². The summed E-state index contributed by atoms with van der Waals surface area (Å²) in [5.74, 6) is -0.811. The van der Waals surface area contributed by atoms with Gasteiger partial charge in [-0.25, -0.2) is 4.57 Å². The van der Waals surface area contributed by atoms with Crippen LogP contribution >= 0.6 is 7.82 Å². The summed E-state index contributed by atoms with van der Waals surface area (Å²) < 4.78 is 33.2. The summed E-state index contributed by atoms with van der Waals surface area (Å²) in [6, 6.07) is 0. The fourth-order valence-corrected chi connectivity index (χ4v) is 11.6. The SMILES string of the molecule is CC/C=C\C/C=C\C/C=C\C/C=C\C/C=C\C/C=C\C/C=C\CCCCCCCCCCCCCCCCCC(=O)OC(COC(=O)CCCCCCCCCCCCCCCCCCCCCCCCCCCCCCC)COP(=O)(O)OCCN. The lowest BCUT2D eigenvalue weighted by Gasteiger charge is -2.19. The second-order valence-electron chi connectivity index (χ2n) is 24.8. The summed E-state index contributed by atoms with van der Waals surface area (Å²) in [6.45, 7) is 3.69. The summed E-state index contributed by atoms with van der Waals surface area (Å²) in [5.41, 5.74) is 5.41. The lowest BCUT2D eigenvalue weighted by molar-refractivity contribution is -0.161. The molecule has 2 atom stereocenters. The summed E-state index contributed by atoms with van der Waals surface area (Å²) >= 11 is 0. The first-order chi connectivity index (χ1) is 42.8. The van der Waals surface area contributed by atoms with Crippen LogP contribution in [0.3, 0.4) is 0 Å². The molecule has 10 heteroatoms. The van der Waals surface area contributed by atoms with Crippen molar-refractivity contribution in [2.24, 2.45) is 5.73 Å². The first-order valence-electron chi connectivity index (χ1n) is 37.1. The van der Waals surface area contributed by atoms with Gasteiger partial charge in [-0.15, -0.1) is 0 Å². The van der Waals surface area contributed by atoms with E-state index >= 15 is 0 Å². The summed E-state index contributed by atoms with van der Waals surface area (Å²) in [7, 11) is -4.40. The third-order valence-corrected chi connectivity index (χ3v) is 17.3. The van der Waals surface area contributed by atoms with Gasteiger partial charge in [0.1, 0.15) is 6.61 Å². The van der Waals surface area contributed by atoms with Gasteiger partial charge in [-0.3, -0.25) is 18.6 Å². The van der Waals surface area contributed by atoms with E-state index in [4.69, 9.17) is 24.3 Å². The Morgan fingerprint density at radius 1 is 0.356 bits per heavy atom. The maximum atomic E-state index is 12.8. The van der Waals surface area contributed by atoms with Crippen molar-refractivity contribution in [1.29, 1.82) is 0 Å². The summed E-state index contributed by atoms with van der Waals surface area (Å²) in [6.07, 6.45) is 96.9. The Bertz CT molecular complexity index is 1700. The van der Waals surface area contributed by atoms with Gasteiger partial charge in [0.25, 0.3) is 0 Å². The highest BCUT2D eigenvalue weighted by molar-refractivity contribution is 7.47. The van der Waals surface area contributed by atoms with E-state index in [9.17, 15) is 19.0 Å². The number of unbranched alkanes of at least 4 members (excludes halogenated alkanes) is 43. The summed E-state index contributed by atoms with van der Waals surface area (Å²) in [4.78, 5) is 35.4. The maximum Gasteiger partial charge on any atom is 0.472 e. The molecule has 0 aromatic carbocycles. The minimum absolute atomic E-state index is 0.0532. The van der Waals surface area contributed by atoms with E-state index in [-0.39, 0.29) is 38.6 Å². The molecule has 0 saturated carbocycles. The van der Waals surface area contributed by atoms with Gasteiger partial charge >= 0.3 is 19.8 Å². The lowest BCUT2D eigenvalue weighted by atomic mass is 10.0. The third kappa shape index (κ3) is 72.1. The van der Waals surface area contributed by atoms with Crippen molar-refractivity contribution in [2.75, 3.05) is 26.4 Å². The molecule has 0 aliphatic heterocycles. The topological polar surface area (TPSA) is 134 Å². The molecule has 0 rings (SSSR count). The third-order valence-electron chi connectivity index (χ3n) is 16.3. The van der Waals surface area contributed by atoms with Crippen LogP contribution < -0.4 is 5.73 Å². The van der Waals surface area contributed by atoms with Crippen LogP contribution in [-0.2, 0) is 32.7 Å². The van der Waals surface area contributed by atoms with Gasteiger partial charge in [0.05, 0.1) is 13.2 Å². The lowest BCUT2D eigenvalue weighted by Crippen LogP contribution is -2.29. The van der Waals surface area contributed by atoms with Crippen LogP contribution in [0.25, 0.3) is 0 Å². The van der Waals surface area contributed by atoms with E-state index in [2.05, 4.69) is 98.9 Å². The Balaban J connectivity index is 3.84. The number of ether oxygens (including phenoxy) is 2. The predicted molar refractivity (Wildman–Crippen MR) is 376 cm³/mol. The average Bonchev–Trinajstić information content (AvgIpc) is 3.65. The molecule has 9 nitrogen and oxygen atoms in total. The number of esters is 2. The van der Waals surface area contributed by atoms with E-state index in [1.165, 1.54) is 244 Å². The summed E-state index contributed by atoms with van der Waals surface area (Å²) in [5, 5.41) is 0. The van der Waals surface area contributed by atoms with Crippen molar-refractivity contribution in [3.63, 3.8) is 0 Å². The highest BCUT2D eigenvalue weighted by Gasteiger charge is 2.26. The smallest absolute Gasteiger partial charge is 0.462 e. The molecule has 0 aromatic heterocycles. The number of hydrogen-bond donors (Lipinski definition) is 2. The van der Waals surface area contributed by atoms with Gasteiger partial charge in [-0.1, -0.05) is 362 Å². The molecule has 0 aliphatic rings. The van der Waals surface area contributed by atoms with Crippen LogP contribution in [0.1, 0.15) is 361 Å². The number of allylic oxidation sites excluding steroid dienone is 14. The van der Waals surface area contributed by atoms with Crippen LogP contribution in [0.15, 0.2) is 85.1 Å². The molecule has 87 heavy (non-hydrogen) atoms. The molecule has 506 valence electrons. The highest BCUT2D eigenvalue weighted by Crippen LogP contribution is 2.43. The Labute approximate surface area is 538 Å². The minimum Gasteiger partial charge on any atom is -0.462 e. The van der Waals surface area contributed by atoms with Crippen LogP contribution in [0, 0.1) is 0 Å². The van der Waals surface area contributed by atoms with Gasteiger partial charge in [-0.05, 0) is 70.6 Å². The van der Waals surface area contributed by atoms with Crippen molar-refractivity contribution in [3.8, 4) is 0 Å². The molecular formula is C77H140NO8P. The van der Waals surface area contributed by atoms with E-state index in [0.29, 0.717) is 6.42 Å². The minimum atomic E-state index is -4.40. The Morgan fingerprint density at radius 3 is 0.943 bits per heavy atom. The molecule has 3 N–H and O–H groups in total. The molecule has 0 radical (unpaired) electrons. The first kappa shape index (κ1) is 84.2. The number of phosphoric ester groups is 1. The average molecular weight is 1240 g/mol. The number of rotatable bonds is 70. The second-order valence-corrected chi connectivity index (χ2v) is 26.2. The van der Waals surface area contributed by atoms with E-state index < -0.39 is 26.5 Å². The quantitative estimate of drug-likeness (QED) is 0.0264. The van der Waals surface area contributed by atoms with Gasteiger partial charge in [0.15, 0.2) is 6.10 Å². The molecule has 0 aromatic rings. The van der Waals surface area contributed by atoms with Gasteiger partial charge in [0.2, 0.25) is 0 Å². The molecule has 0 aliphatic carbocycles. The maximum absolute atomic E-state index is 12.8. The molecule has 0 amide bonds. The monoisotopic (exact) mass is 1240 g/mol. The molecular weight excluding hydrogens is 1100 g/mol. The first-order valence-corrected chi connectivity index (χ1v) is 38.6. The van der Waals surface area contributed by atoms with E-state index in [0.717, 1.165) is 83.5 Å². The zero-order valence-electron chi connectivity index (χ0n) is 57.0. The van der Waals surface area contributed by atoms with Crippen molar-refractivity contribution in [2.45, 2.75) is 367 Å². The molecule has 0 spiro atoms. The predicted octanol–water partition coefficient (Wildman–Crippen LogP) is 24.5. The normalized spacial score (nSPS) is 13.4. The number of phosphoric acid groups is 1. The number of carbonyl (C=O) groups excluding carboxylic acids is 2. The zero-order chi connectivity index (χ0) is 63.0. The molecule has 0 bridgehead atoms. The number of nitrogens with two attached hydrogens (primary N) is 1. The van der Waals surface area contributed by atoms with Gasteiger partial charge in [-0.2, -0.15) is 0 Å². The fraction of sp³-hybridized carbons (Fsp3) is 0.792. The van der Waals surface area contributed by atoms with Crippen LogP contribution in [-0.4, -0.2) is 49.3 Å². The zero-order valence-corrected chi connectivity index (χ0v) is 57.9. The fourth-order valence-electron chi connectivity index (χ4n) is 10.9. The van der Waals surface area contributed by atoms with Crippen LogP contribution in [0.5, 0.6) is 0 Å². The highest BCUT2D eigenvalue weighted by atomic mass is 31.2. The van der Waals surface area contributed by atoms with Crippen molar-refractivity contribution in [3.05, 3.63) is 85.1 Å². The molecule has 0 saturated heterocycles. The standard InChI is InChI=1S/C77H140NO8P/c1-3-5-7-9-11-13-15-17-19-21-23-25-27-29-31-33-34-35-36-37-38-39-40-42-44-46-48-50-52-54-56-58-60-62-64-66-68-70-77(80)86-75(74-85-87(81,82)84-72-71-78)73-83-76(79)69-67-65-63-61-59-57-55-53-51-49-47-45-43-41-32-30-28-26-24-22-20-18-16-14-12-10-8-6-4-2/h5,7,11,13,17,19,23,25,29,31,34-35,37-38,75H,3-4,6,8-10,12,14-16,18,20-22,24,26-28,30,32-33,36,39-74,78H2,1-2H3,(H,81,82)/b7-5-,13-11-,19-17-,25-23-,31-29-,35-34-,38-37-. The van der Waals surface area contributed by atoms with Crippen LogP contribution in [0.4, 0.5) is 0 Å². The Morgan fingerprint density at radius 2 is 0.632 bits per heavy atom.